The average Bonchev–Trinajstić information content (AvgIpc) is 3.17. The second-order valence-corrected chi connectivity index (χ2v) is 8.29. The first-order valence-corrected chi connectivity index (χ1v) is 10.3. The number of rotatable bonds is 3. The highest BCUT2D eigenvalue weighted by Gasteiger charge is 2.24. The van der Waals surface area contributed by atoms with Crippen molar-refractivity contribution in [2.24, 2.45) is 0 Å². The third-order valence-corrected chi connectivity index (χ3v) is 6.29. The summed E-state index contributed by atoms with van der Waals surface area (Å²) < 4.78 is 2.05. The van der Waals surface area contributed by atoms with Crippen molar-refractivity contribution in [3.05, 3.63) is 46.7 Å². The molecular formula is C21H25N3OS. The summed E-state index contributed by atoms with van der Waals surface area (Å²) in [6.07, 6.45) is 11.2. The van der Waals surface area contributed by atoms with Gasteiger partial charge in [-0.15, -0.1) is 11.3 Å². The molecule has 26 heavy (non-hydrogen) atoms. The van der Waals surface area contributed by atoms with Crippen LogP contribution < -0.4 is 5.32 Å². The van der Waals surface area contributed by atoms with Crippen LogP contribution in [0.4, 0.5) is 0 Å². The summed E-state index contributed by atoms with van der Waals surface area (Å²) in [5.74, 6) is 0.0423. The minimum atomic E-state index is 0.0423. The molecule has 3 aromatic rings. The minimum Gasteiger partial charge on any atom is -0.349 e. The van der Waals surface area contributed by atoms with Crippen LogP contribution in [0.15, 0.2) is 30.6 Å². The zero-order valence-corrected chi connectivity index (χ0v) is 16.2. The van der Waals surface area contributed by atoms with E-state index in [0.29, 0.717) is 6.04 Å². The van der Waals surface area contributed by atoms with Crippen molar-refractivity contribution in [1.82, 2.24) is 14.9 Å². The van der Waals surface area contributed by atoms with Gasteiger partial charge < -0.3 is 9.88 Å². The van der Waals surface area contributed by atoms with E-state index >= 15 is 0 Å². The molecule has 4 nitrogen and oxygen atoms in total. The van der Waals surface area contributed by atoms with Gasteiger partial charge in [-0.1, -0.05) is 25.7 Å². The van der Waals surface area contributed by atoms with Crippen molar-refractivity contribution in [3.8, 4) is 5.69 Å². The Hall–Kier alpha value is -2.14. The number of carbonyl (C=O) groups excluding carboxylic acids is 1. The number of pyridine rings is 1. The Morgan fingerprint density at radius 3 is 2.54 bits per heavy atom. The quantitative estimate of drug-likeness (QED) is 0.650. The van der Waals surface area contributed by atoms with Gasteiger partial charge >= 0.3 is 0 Å². The minimum absolute atomic E-state index is 0.0423. The average molecular weight is 368 g/mol. The van der Waals surface area contributed by atoms with Crippen molar-refractivity contribution in [2.45, 2.75) is 58.4 Å². The number of hydrogen-bond donors (Lipinski definition) is 1. The van der Waals surface area contributed by atoms with Crippen molar-refractivity contribution in [2.75, 3.05) is 0 Å². The topological polar surface area (TPSA) is 46.9 Å². The third-order valence-electron chi connectivity index (χ3n) is 5.22. The Morgan fingerprint density at radius 2 is 1.85 bits per heavy atom. The third kappa shape index (κ3) is 3.28. The molecule has 1 N–H and O–H groups in total. The molecule has 0 aliphatic heterocycles. The molecule has 1 fully saturated rings. The van der Waals surface area contributed by atoms with E-state index in [0.717, 1.165) is 39.3 Å². The summed E-state index contributed by atoms with van der Waals surface area (Å²) >= 11 is 1.51. The highest BCUT2D eigenvalue weighted by atomic mass is 32.1. The van der Waals surface area contributed by atoms with E-state index in [1.54, 1.807) is 0 Å². The fourth-order valence-electron chi connectivity index (χ4n) is 3.98. The normalized spacial score (nSPS) is 15.9. The number of amides is 1. The highest BCUT2D eigenvalue weighted by molar-refractivity contribution is 7.21. The fourth-order valence-corrected chi connectivity index (χ4v) is 5.18. The summed E-state index contributed by atoms with van der Waals surface area (Å²) in [4.78, 5) is 19.6. The standard InChI is InChI=1S/C21H25N3OS/c1-14-13-15(2)22-21-17(14)18(24-11-7-8-12-24)19(26-21)20(25)23-16-9-5-3-4-6-10-16/h7-8,11-13,16H,3-6,9-10H2,1-2H3,(H,23,25). The maximum Gasteiger partial charge on any atom is 0.263 e. The molecule has 1 aliphatic rings. The maximum atomic E-state index is 13.2. The number of thiophene rings is 1. The highest BCUT2D eigenvalue weighted by Crippen LogP contribution is 2.36. The summed E-state index contributed by atoms with van der Waals surface area (Å²) in [6, 6.07) is 6.37. The first-order chi connectivity index (χ1) is 12.6. The van der Waals surface area contributed by atoms with Gasteiger partial charge in [0.05, 0.1) is 5.69 Å². The number of aromatic nitrogens is 2. The molecule has 0 spiro atoms. The second-order valence-electron chi connectivity index (χ2n) is 7.29. The van der Waals surface area contributed by atoms with Crippen LogP contribution in [0.5, 0.6) is 0 Å². The maximum absolute atomic E-state index is 13.2. The first-order valence-electron chi connectivity index (χ1n) is 9.48. The zero-order chi connectivity index (χ0) is 18.1. The van der Waals surface area contributed by atoms with E-state index in [9.17, 15) is 4.79 Å². The summed E-state index contributed by atoms with van der Waals surface area (Å²) in [6.45, 7) is 4.11. The summed E-state index contributed by atoms with van der Waals surface area (Å²) in [7, 11) is 0. The van der Waals surface area contributed by atoms with E-state index in [1.165, 1.54) is 42.6 Å². The van der Waals surface area contributed by atoms with Gasteiger partial charge in [0.1, 0.15) is 9.71 Å². The van der Waals surface area contributed by atoms with Gasteiger partial charge in [-0.25, -0.2) is 4.98 Å². The van der Waals surface area contributed by atoms with Gasteiger partial charge in [-0.3, -0.25) is 4.79 Å². The molecule has 136 valence electrons. The predicted molar refractivity (Wildman–Crippen MR) is 107 cm³/mol. The zero-order valence-electron chi connectivity index (χ0n) is 15.4. The Balaban J connectivity index is 1.77. The Kier molecular flexibility index (Phi) is 4.81. The Labute approximate surface area is 158 Å². The van der Waals surface area contributed by atoms with Crippen LogP contribution in [0.25, 0.3) is 15.9 Å². The molecule has 0 unspecified atom stereocenters. The number of carbonyl (C=O) groups is 1. The van der Waals surface area contributed by atoms with Crippen LogP contribution in [-0.2, 0) is 0 Å². The Bertz CT molecular complexity index is 919. The lowest BCUT2D eigenvalue weighted by Gasteiger charge is -2.16. The lowest BCUT2D eigenvalue weighted by atomic mass is 10.1. The van der Waals surface area contributed by atoms with Gasteiger partial charge in [0.15, 0.2) is 0 Å². The van der Waals surface area contributed by atoms with E-state index in [1.807, 2.05) is 36.0 Å². The van der Waals surface area contributed by atoms with Crippen LogP contribution in [0.1, 0.15) is 59.5 Å². The number of nitrogens with one attached hydrogen (secondary N) is 1. The first kappa shape index (κ1) is 17.3. The molecule has 0 aromatic carbocycles. The van der Waals surface area contributed by atoms with Gasteiger partial charge in [0, 0.05) is 29.5 Å². The molecule has 4 rings (SSSR count). The molecule has 0 atom stereocenters. The molecule has 1 aliphatic carbocycles. The molecule has 3 aromatic heterocycles. The van der Waals surface area contributed by atoms with Gasteiger partial charge in [-0.05, 0) is 50.5 Å². The van der Waals surface area contributed by atoms with Gasteiger partial charge in [0.25, 0.3) is 5.91 Å². The van der Waals surface area contributed by atoms with Crippen LogP contribution in [0.3, 0.4) is 0 Å². The molecule has 1 amide bonds. The number of hydrogen-bond acceptors (Lipinski definition) is 3. The van der Waals surface area contributed by atoms with Crippen LogP contribution in [-0.4, -0.2) is 21.5 Å². The molecule has 0 bridgehead atoms. The van der Waals surface area contributed by atoms with Crippen LogP contribution in [0, 0.1) is 13.8 Å². The molecule has 5 heteroatoms. The van der Waals surface area contributed by atoms with Gasteiger partial charge in [-0.2, -0.15) is 0 Å². The molecule has 0 saturated heterocycles. The fraction of sp³-hybridized carbons (Fsp3) is 0.429. The Morgan fingerprint density at radius 1 is 1.15 bits per heavy atom. The number of aryl methyl sites for hydroxylation is 2. The lowest BCUT2D eigenvalue weighted by molar-refractivity contribution is 0.0937. The number of fused-ring (bicyclic) bond motifs is 1. The summed E-state index contributed by atoms with van der Waals surface area (Å²) in [5, 5.41) is 4.39. The van der Waals surface area contributed by atoms with Crippen molar-refractivity contribution >= 4 is 27.5 Å². The van der Waals surface area contributed by atoms with E-state index in [2.05, 4.69) is 18.3 Å². The molecule has 0 radical (unpaired) electrons. The van der Waals surface area contributed by atoms with Crippen LogP contribution >= 0.6 is 11.3 Å². The van der Waals surface area contributed by atoms with Crippen molar-refractivity contribution in [1.29, 1.82) is 0 Å². The van der Waals surface area contributed by atoms with Crippen molar-refractivity contribution in [3.63, 3.8) is 0 Å². The monoisotopic (exact) mass is 367 g/mol. The number of nitrogens with zero attached hydrogens (tertiary/aromatic N) is 2. The molecule has 3 heterocycles. The largest absolute Gasteiger partial charge is 0.349 e. The van der Waals surface area contributed by atoms with E-state index < -0.39 is 0 Å². The van der Waals surface area contributed by atoms with Crippen molar-refractivity contribution < 1.29 is 4.79 Å². The van der Waals surface area contributed by atoms with Gasteiger partial charge in [0.2, 0.25) is 0 Å². The smallest absolute Gasteiger partial charge is 0.263 e. The molecule has 1 saturated carbocycles. The molecular weight excluding hydrogens is 342 g/mol. The van der Waals surface area contributed by atoms with E-state index in [4.69, 9.17) is 4.98 Å². The van der Waals surface area contributed by atoms with E-state index in [-0.39, 0.29) is 5.91 Å². The second kappa shape index (κ2) is 7.23. The predicted octanol–water partition coefficient (Wildman–Crippen LogP) is 5.16. The van der Waals surface area contributed by atoms with Crippen LogP contribution in [0.2, 0.25) is 0 Å². The lowest BCUT2D eigenvalue weighted by Crippen LogP contribution is -2.34. The summed E-state index contributed by atoms with van der Waals surface area (Å²) in [5.41, 5.74) is 3.12. The SMILES string of the molecule is Cc1cc(C)c2c(-n3cccc3)c(C(=O)NC3CCCCCC3)sc2n1.